The van der Waals surface area contributed by atoms with E-state index in [4.69, 9.17) is 5.73 Å². The number of amides is 2. The molecule has 2 amide bonds. The first kappa shape index (κ1) is 14.3. The molecule has 7 nitrogen and oxygen atoms in total. The monoisotopic (exact) mass is 277 g/mol. The van der Waals surface area contributed by atoms with E-state index in [0.717, 1.165) is 6.54 Å². The standard InChI is InChI=1S/C13H19N5O2/c1-17(2)13(20)9-3-4-11(16-7-9)18-6-5-15-8-10(18)12(14)19/h3-4,7,10,15H,5-6,8H2,1-2H3,(H2,14,19). The minimum atomic E-state index is -0.411. The molecule has 1 unspecified atom stereocenters. The van der Waals surface area contributed by atoms with Gasteiger partial charge in [0.2, 0.25) is 5.91 Å². The third-order valence-corrected chi connectivity index (χ3v) is 3.27. The van der Waals surface area contributed by atoms with E-state index in [1.54, 1.807) is 26.2 Å². The predicted octanol–water partition coefficient (Wildman–Crippen LogP) is -0.953. The van der Waals surface area contributed by atoms with Gasteiger partial charge in [-0.25, -0.2) is 4.98 Å². The third kappa shape index (κ3) is 2.88. The van der Waals surface area contributed by atoms with E-state index >= 15 is 0 Å². The molecule has 1 aliphatic heterocycles. The number of nitrogens with two attached hydrogens (primary N) is 1. The fourth-order valence-electron chi connectivity index (χ4n) is 2.17. The van der Waals surface area contributed by atoms with Crippen LogP contribution in [0.5, 0.6) is 0 Å². The summed E-state index contributed by atoms with van der Waals surface area (Å²) in [5, 5.41) is 3.13. The highest BCUT2D eigenvalue weighted by Gasteiger charge is 2.27. The van der Waals surface area contributed by atoms with Crippen LogP contribution in [0, 0.1) is 0 Å². The fourth-order valence-corrected chi connectivity index (χ4v) is 2.17. The zero-order valence-corrected chi connectivity index (χ0v) is 11.7. The third-order valence-electron chi connectivity index (χ3n) is 3.27. The maximum Gasteiger partial charge on any atom is 0.254 e. The number of nitrogens with zero attached hydrogens (tertiary/aromatic N) is 3. The Morgan fingerprint density at radius 3 is 2.75 bits per heavy atom. The van der Waals surface area contributed by atoms with Crippen molar-refractivity contribution in [3.8, 4) is 0 Å². The number of nitrogens with one attached hydrogen (secondary N) is 1. The summed E-state index contributed by atoms with van der Waals surface area (Å²) in [5.41, 5.74) is 5.92. The highest BCUT2D eigenvalue weighted by atomic mass is 16.2. The maximum absolute atomic E-state index is 11.8. The second-order valence-corrected chi connectivity index (χ2v) is 4.92. The second kappa shape index (κ2) is 5.87. The minimum Gasteiger partial charge on any atom is -0.368 e. The lowest BCUT2D eigenvalue weighted by Gasteiger charge is -2.35. The van der Waals surface area contributed by atoms with Gasteiger partial charge in [0.05, 0.1) is 5.56 Å². The molecule has 20 heavy (non-hydrogen) atoms. The van der Waals surface area contributed by atoms with E-state index in [2.05, 4.69) is 10.3 Å². The molecule has 1 atom stereocenters. The van der Waals surface area contributed by atoms with Gasteiger partial charge >= 0.3 is 0 Å². The topological polar surface area (TPSA) is 91.6 Å². The normalized spacial score (nSPS) is 18.7. The van der Waals surface area contributed by atoms with Crippen molar-refractivity contribution in [2.24, 2.45) is 5.73 Å². The molecule has 0 radical (unpaired) electrons. The molecule has 7 heteroatoms. The zero-order chi connectivity index (χ0) is 14.7. The molecule has 1 aromatic rings. The largest absolute Gasteiger partial charge is 0.368 e. The van der Waals surface area contributed by atoms with Crippen LogP contribution in [0.1, 0.15) is 10.4 Å². The molecule has 108 valence electrons. The van der Waals surface area contributed by atoms with Crippen LogP contribution >= 0.6 is 0 Å². The van der Waals surface area contributed by atoms with Crippen LogP contribution in [0.25, 0.3) is 0 Å². The van der Waals surface area contributed by atoms with Crippen molar-refractivity contribution in [1.29, 1.82) is 0 Å². The number of pyridine rings is 1. The molecule has 0 bridgehead atoms. The number of piperazine rings is 1. The zero-order valence-electron chi connectivity index (χ0n) is 11.7. The summed E-state index contributed by atoms with van der Waals surface area (Å²) >= 11 is 0. The summed E-state index contributed by atoms with van der Waals surface area (Å²) in [6.45, 7) is 1.93. The van der Waals surface area contributed by atoms with E-state index in [-0.39, 0.29) is 11.8 Å². The van der Waals surface area contributed by atoms with E-state index in [9.17, 15) is 9.59 Å². The molecular weight excluding hydrogens is 258 g/mol. The van der Waals surface area contributed by atoms with E-state index in [0.29, 0.717) is 24.5 Å². The van der Waals surface area contributed by atoms with Gasteiger partial charge < -0.3 is 20.9 Å². The molecule has 1 aromatic heterocycles. The van der Waals surface area contributed by atoms with Crippen LogP contribution in [-0.2, 0) is 4.79 Å². The Morgan fingerprint density at radius 2 is 2.20 bits per heavy atom. The average molecular weight is 277 g/mol. The molecule has 0 aromatic carbocycles. The lowest BCUT2D eigenvalue weighted by atomic mass is 10.1. The second-order valence-electron chi connectivity index (χ2n) is 4.92. The first-order valence-corrected chi connectivity index (χ1v) is 6.45. The van der Waals surface area contributed by atoms with Gasteiger partial charge in [0, 0.05) is 39.9 Å². The lowest BCUT2D eigenvalue weighted by Crippen LogP contribution is -2.57. The van der Waals surface area contributed by atoms with Crippen molar-refractivity contribution in [3.05, 3.63) is 23.9 Å². The number of hydrogen-bond acceptors (Lipinski definition) is 5. The molecule has 0 spiro atoms. The van der Waals surface area contributed by atoms with Gasteiger partial charge in [-0.3, -0.25) is 9.59 Å². The Balaban J connectivity index is 2.20. The Morgan fingerprint density at radius 1 is 1.45 bits per heavy atom. The number of primary amides is 1. The summed E-state index contributed by atoms with van der Waals surface area (Å²) in [7, 11) is 3.38. The average Bonchev–Trinajstić information content (AvgIpc) is 2.46. The highest BCUT2D eigenvalue weighted by molar-refractivity contribution is 5.93. The summed E-state index contributed by atoms with van der Waals surface area (Å²) < 4.78 is 0. The van der Waals surface area contributed by atoms with Crippen LogP contribution in [-0.4, -0.2) is 61.5 Å². The number of carbonyl (C=O) groups excluding carboxylic acids is 2. The summed E-state index contributed by atoms with van der Waals surface area (Å²) in [6, 6.07) is 3.05. The quantitative estimate of drug-likeness (QED) is 0.743. The van der Waals surface area contributed by atoms with Gasteiger partial charge in [0.1, 0.15) is 11.9 Å². The number of anilines is 1. The highest BCUT2D eigenvalue weighted by Crippen LogP contribution is 2.16. The van der Waals surface area contributed by atoms with Crippen LogP contribution in [0.3, 0.4) is 0 Å². The van der Waals surface area contributed by atoms with E-state index in [1.807, 2.05) is 4.90 Å². The fraction of sp³-hybridized carbons (Fsp3) is 0.462. The van der Waals surface area contributed by atoms with Gasteiger partial charge in [0.15, 0.2) is 0 Å². The lowest BCUT2D eigenvalue weighted by molar-refractivity contribution is -0.119. The Kier molecular flexibility index (Phi) is 4.19. The summed E-state index contributed by atoms with van der Waals surface area (Å²) in [4.78, 5) is 30.9. The van der Waals surface area contributed by atoms with Crippen LogP contribution in [0.15, 0.2) is 18.3 Å². The van der Waals surface area contributed by atoms with Crippen molar-refractivity contribution < 1.29 is 9.59 Å². The molecular formula is C13H19N5O2. The van der Waals surface area contributed by atoms with Crippen molar-refractivity contribution in [2.75, 3.05) is 38.6 Å². The first-order chi connectivity index (χ1) is 9.50. The molecule has 1 fully saturated rings. The number of rotatable bonds is 3. The molecule has 2 heterocycles. The molecule has 0 saturated carbocycles. The van der Waals surface area contributed by atoms with Gasteiger partial charge in [-0.05, 0) is 12.1 Å². The summed E-state index contributed by atoms with van der Waals surface area (Å²) in [5.74, 6) is 0.175. The summed E-state index contributed by atoms with van der Waals surface area (Å²) in [6.07, 6.45) is 1.53. The van der Waals surface area contributed by atoms with Gasteiger partial charge in [-0.15, -0.1) is 0 Å². The molecule has 0 aliphatic carbocycles. The molecule has 3 N–H and O–H groups in total. The Hall–Kier alpha value is -2.15. The van der Waals surface area contributed by atoms with Crippen LogP contribution in [0.2, 0.25) is 0 Å². The SMILES string of the molecule is CN(C)C(=O)c1ccc(N2CCNCC2C(N)=O)nc1. The Labute approximate surface area is 117 Å². The molecule has 1 aliphatic rings. The van der Waals surface area contributed by atoms with Gasteiger partial charge in [-0.1, -0.05) is 0 Å². The van der Waals surface area contributed by atoms with Crippen molar-refractivity contribution in [3.63, 3.8) is 0 Å². The van der Waals surface area contributed by atoms with Crippen molar-refractivity contribution in [1.82, 2.24) is 15.2 Å². The van der Waals surface area contributed by atoms with Gasteiger partial charge in [0.25, 0.3) is 5.91 Å². The van der Waals surface area contributed by atoms with Crippen LogP contribution < -0.4 is 16.0 Å². The molecule has 1 saturated heterocycles. The van der Waals surface area contributed by atoms with Crippen molar-refractivity contribution >= 4 is 17.6 Å². The van der Waals surface area contributed by atoms with Crippen LogP contribution in [0.4, 0.5) is 5.82 Å². The van der Waals surface area contributed by atoms with E-state index in [1.165, 1.54) is 11.1 Å². The Bertz CT molecular complexity index is 500. The minimum absolute atomic E-state index is 0.101. The predicted molar refractivity (Wildman–Crippen MR) is 75.5 cm³/mol. The number of aromatic nitrogens is 1. The van der Waals surface area contributed by atoms with Gasteiger partial charge in [-0.2, -0.15) is 0 Å². The smallest absolute Gasteiger partial charge is 0.254 e. The van der Waals surface area contributed by atoms with E-state index < -0.39 is 6.04 Å². The maximum atomic E-state index is 11.8. The number of hydrogen-bond donors (Lipinski definition) is 2. The number of carbonyl (C=O) groups is 2. The van der Waals surface area contributed by atoms with Crippen molar-refractivity contribution in [2.45, 2.75) is 6.04 Å². The first-order valence-electron chi connectivity index (χ1n) is 6.45. The molecule has 2 rings (SSSR count).